The zero-order valence-corrected chi connectivity index (χ0v) is 9.17. The summed E-state index contributed by atoms with van der Waals surface area (Å²) >= 11 is 5.86. The minimum atomic E-state index is -0.408. The Bertz CT molecular complexity index is 508. The van der Waals surface area contributed by atoms with Gasteiger partial charge in [0.05, 0.1) is 17.7 Å². The third kappa shape index (κ3) is 1.79. The van der Waals surface area contributed by atoms with Gasteiger partial charge < -0.3 is 4.74 Å². The van der Waals surface area contributed by atoms with Gasteiger partial charge in [-0.3, -0.25) is 14.9 Å². The number of halogens is 1. The number of imide groups is 1. The first-order chi connectivity index (χ1) is 7.61. The minimum Gasteiger partial charge on any atom is -0.495 e. The number of carbonyl (C=O) groups is 2. The standard InChI is InChI=1S/C11H8ClNO3/c1-16-9-4-6(2-3-8(9)12)7-5-10(14)13-11(7)15/h2-5H,1H3,(H,13,14,15). The van der Waals surface area contributed by atoms with Gasteiger partial charge in [0.15, 0.2) is 0 Å². The van der Waals surface area contributed by atoms with Crippen molar-refractivity contribution in [2.75, 3.05) is 7.11 Å². The highest BCUT2D eigenvalue weighted by molar-refractivity contribution is 6.34. The van der Waals surface area contributed by atoms with Crippen molar-refractivity contribution < 1.29 is 14.3 Å². The fraction of sp³-hybridized carbons (Fsp3) is 0.0909. The molecule has 2 amide bonds. The van der Waals surface area contributed by atoms with E-state index in [1.165, 1.54) is 13.2 Å². The van der Waals surface area contributed by atoms with Crippen molar-refractivity contribution in [1.82, 2.24) is 5.32 Å². The van der Waals surface area contributed by atoms with Crippen molar-refractivity contribution in [3.63, 3.8) is 0 Å². The number of benzene rings is 1. The first-order valence-electron chi connectivity index (χ1n) is 4.52. The Hall–Kier alpha value is -1.81. The van der Waals surface area contributed by atoms with E-state index in [1.54, 1.807) is 18.2 Å². The molecule has 0 fully saturated rings. The van der Waals surface area contributed by atoms with E-state index in [1.807, 2.05) is 0 Å². The number of hydrogen-bond donors (Lipinski definition) is 1. The van der Waals surface area contributed by atoms with Crippen molar-refractivity contribution in [2.45, 2.75) is 0 Å². The molecule has 1 aromatic rings. The van der Waals surface area contributed by atoms with Crippen molar-refractivity contribution in [2.24, 2.45) is 0 Å². The van der Waals surface area contributed by atoms with Gasteiger partial charge in [0.25, 0.3) is 11.8 Å². The lowest BCUT2D eigenvalue weighted by atomic mass is 10.1. The summed E-state index contributed by atoms with van der Waals surface area (Å²) < 4.78 is 5.03. The van der Waals surface area contributed by atoms with Gasteiger partial charge in [0, 0.05) is 6.08 Å². The van der Waals surface area contributed by atoms with Gasteiger partial charge in [-0.1, -0.05) is 17.7 Å². The summed E-state index contributed by atoms with van der Waals surface area (Å²) in [6, 6.07) is 4.90. The van der Waals surface area contributed by atoms with Gasteiger partial charge in [-0.15, -0.1) is 0 Å². The highest BCUT2D eigenvalue weighted by Gasteiger charge is 2.22. The zero-order chi connectivity index (χ0) is 11.7. The summed E-state index contributed by atoms with van der Waals surface area (Å²) in [5, 5.41) is 2.63. The molecule has 1 aliphatic heterocycles. The Kier molecular flexibility index (Phi) is 2.66. The lowest BCUT2D eigenvalue weighted by Crippen LogP contribution is -2.21. The molecule has 1 heterocycles. The maximum Gasteiger partial charge on any atom is 0.258 e. The molecule has 0 saturated carbocycles. The number of hydrogen-bond acceptors (Lipinski definition) is 3. The van der Waals surface area contributed by atoms with Crippen LogP contribution in [0, 0.1) is 0 Å². The van der Waals surface area contributed by atoms with E-state index in [0.717, 1.165) is 0 Å². The molecule has 0 atom stereocenters. The van der Waals surface area contributed by atoms with Crippen molar-refractivity contribution in [3.8, 4) is 5.75 Å². The normalized spacial score (nSPS) is 14.8. The second-order valence-electron chi connectivity index (χ2n) is 3.23. The number of nitrogens with one attached hydrogen (secondary N) is 1. The van der Waals surface area contributed by atoms with Crippen LogP contribution in [0.1, 0.15) is 5.56 Å². The molecule has 82 valence electrons. The Morgan fingerprint density at radius 2 is 2.06 bits per heavy atom. The van der Waals surface area contributed by atoms with Gasteiger partial charge in [0.2, 0.25) is 0 Å². The third-order valence-corrected chi connectivity index (χ3v) is 2.53. The molecule has 1 aromatic carbocycles. The average Bonchev–Trinajstić information content (AvgIpc) is 2.59. The van der Waals surface area contributed by atoms with Crippen LogP contribution in [0.2, 0.25) is 5.02 Å². The van der Waals surface area contributed by atoms with E-state index < -0.39 is 11.8 Å². The van der Waals surface area contributed by atoms with E-state index in [0.29, 0.717) is 21.9 Å². The fourth-order valence-electron chi connectivity index (χ4n) is 1.45. The smallest absolute Gasteiger partial charge is 0.258 e. The number of methoxy groups -OCH3 is 1. The molecule has 5 heteroatoms. The largest absolute Gasteiger partial charge is 0.495 e. The molecule has 16 heavy (non-hydrogen) atoms. The quantitative estimate of drug-likeness (QED) is 0.791. The summed E-state index contributed by atoms with van der Waals surface area (Å²) in [4.78, 5) is 22.4. The Balaban J connectivity index is 2.45. The molecule has 1 N–H and O–H groups in total. The first-order valence-corrected chi connectivity index (χ1v) is 4.90. The van der Waals surface area contributed by atoms with Crippen LogP contribution in [0.3, 0.4) is 0 Å². The van der Waals surface area contributed by atoms with Gasteiger partial charge in [-0.05, 0) is 17.7 Å². The first kappa shape index (κ1) is 10.7. The molecule has 0 saturated heterocycles. The topological polar surface area (TPSA) is 55.4 Å². The van der Waals surface area contributed by atoms with E-state index in [-0.39, 0.29) is 0 Å². The van der Waals surface area contributed by atoms with Crippen molar-refractivity contribution >= 4 is 29.0 Å². The van der Waals surface area contributed by atoms with Crippen LogP contribution < -0.4 is 10.1 Å². The van der Waals surface area contributed by atoms with E-state index in [9.17, 15) is 9.59 Å². The van der Waals surface area contributed by atoms with Crippen molar-refractivity contribution in [1.29, 1.82) is 0 Å². The van der Waals surface area contributed by atoms with Crippen LogP contribution >= 0.6 is 11.6 Å². The molecule has 2 rings (SSSR count). The zero-order valence-electron chi connectivity index (χ0n) is 8.41. The van der Waals surface area contributed by atoms with Gasteiger partial charge in [-0.2, -0.15) is 0 Å². The van der Waals surface area contributed by atoms with E-state index in [4.69, 9.17) is 16.3 Å². The number of rotatable bonds is 2. The molecule has 0 radical (unpaired) electrons. The van der Waals surface area contributed by atoms with Crippen LogP contribution in [-0.2, 0) is 9.59 Å². The number of ether oxygens (including phenoxy) is 1. The summed E-state index contributed by atoms with van der Waals surface area (Å²) in [5.74, 6) is -0.351. The molecular weight excluding hydrogens is 230 g/mol. The van der Waals surface area contributed by atoms with Gasteiger partial charge >= 0.3 is 0 Å². The molecule has 1 aliphatic rings. The average molecular weight is 238 g/mol. The highest BCUT2D eigenvalue weighted by Crippen LogP contribution is 2.29. The van der Waals surface area contributed by atoms with Crippen LogP contribution in [-0.4, -0.2) is 18.9 Å². The van der Waals surface area contributed by atoms with Gasteiger partial charge in [0.1, 0.15) is 5.75 Å². The summed E-state index contributed by atoms with van der Waals surface area (Å²) in [5.41, 5.74) is 0.921. The molecule has 0 unspecified atom stereocenters. The molecule has 0 aromatic heterocycles. The maximum atomic E-state index is 11.4. The SMILES string of the molecule is COc1cc(C2=CC(=O)NC2=O)ccc1Cl. The predicted molar refractivity (Wildman–Crippen MR) is 59.1 cm³/mol. The Morgan fingerprint density at radius 3 is 2.62 bits per heavy atom. The summed E-state index contributed by atoms with van der Waals surface area (Å²) in [7, 11) is 1.49. The molecule has 0 aliphatic carbocycles. The predicted octanol–water partition coefficient (Wildman–Crippen LogP) is 1.39. The Labute approximate surface area is 96.9 Å². The van der Waals surface area contributed by atoms with Crippen LogP contribution in [0.15, 0.2) is 24.3 Å². The lowest BCUT2D eigenvalue weighted by Gasteiger charge is -2.05. The fourth-order valence-corrected chi connectivity index (χ4v) is 1.65. The lowest BCUT2D eigenvalue weighted by molar-refractivity contribution is -0.123. The monoisotopic (exact) mass is 237 g/mol. The summed E-state index contributed by atoms with van der Waals surface area (Å²) in [6.07, 6.45) is 1.25. The highest BCUT2D eigenvalue weighted by atomic mass is 35.5. The van der Waals surface area contributed by atoms with Gasteiger partial charge in [-0.25, -0.2) is 0 Å². The second kappa shape index (κ2) is 3.98. The molecule has 4 nitrogen and oxygen atoms in total. The third-order valence-electron chi connectivity index (χ3n) is 2.22. The molecule has 0 spiro atoms. The van der Waals surface area contributed by atoms with Crippen molar-refractivity contribution in [3.05, 3.63) is 34.9 Å². The van der Waals surface area contributed by atoms with E-state index in [2.05, 4.69) is 5.32 Å². The minimum absolute atomic E-state index is 0.319. The number of carbonyl (C=O) groups excluding carboxylic acids is 2. The number of amides is 2. The van der Waals surface area contributed by atoms with E-state index >= 15 is 0 Å². The van der Waals surface area contributed by atoms with Crippen LogP contribution in [0.25, 0.3) is 5.57 Å². The van der Waals surface area contributed by atoms with Crippen LogP contribution in [0.4, 0.5) is 0 Å². The van der Waals surface area contributed by atoms with Crippen LogP contribution in [0.5, 0.6) is 5.75 Å². The Morgan fingerprint density at radius 1 is 1.31 bits per heavy atom. The molecular formula is C11H8ClNO3. The maximum absolute atomic E-state index is 11.4. The molecule has 0 bridgehead atoms. The second-order valence-corrected chi connectivity index (χ2v) is 3.63. The summed E-state index contributed by atoms with van der Waals surface area (Å²) in [6.45, 7) is 0.